The molecule has 136 valence electrons. The number of hydrogen-bond acceptors (Lipinski definition) is 5. The first-order chi connectivity index (χ1) is 12.5. The molecule has 0 fully saturated rings. The lowest BCUT2D eigenvalue weighted by molar-refractivity contribution is 0.470. The summed E-state index contributed by atoms with van der Waals surface area (Å²) in [6, 6.07) is 15.3. The fraction of sp³-hybridized carbons (Fsp3) is 0.211. The van der Waals surface area contributed by atoms with Crippen molar-refractivity contribution in [3.8, 4) is 11.5 Å². The van der Waals surface area contributed by atoms with Gasteiger partial charge in [0.15, 0.2) is 0 Å². The quantitative estimate of drug-likeness (QED) is 0.370. The number of aromatic nitrogens is 1. The summed E-state index contributed by atoms with van der Waals surface area (Å²) in [5.41, 5.74) is 0.738. The topological polar surface area (TPSA) is 60.2 Å². The van der Waals surface area contributed by atoms with E-state index in [1.807, 2.05) is 30.3 Å². The van der Waals surface area contributed by atoms with E-state index in [0.717, 1.165) is 24.2 Å². The summed E-state index contributed by atoms with van der Waals surface area (Å²) in [6.07, 6.45) is 1.98. The van der Waals surface area contributed by atoms with Gasteiger partial charge >= 0.3 is 0 Å². The van der Waals surface area contributed by atoms with E-state index in [4.69, 9.17) is 16.0 Å². The number of benzene rings is 2. The third-order valence-electron chi connectivity index (χ3n) is 3.70. The van der Waals surface area contributed by atoms with Gasteiger partial charge in [-0.15, -0.1) is 0 Å². The molecule has 0 saturated carbocycles. The minimum Gasteiger partial charge on any atom is -0.428 e. The summed E-state index contributed by atoms with van der Waals surface area (Å²) in [5.74, 6) is 1.07. The maximum absolute atomic E-state index is 13.1. The zero-order chi connectivity index (χ0) is 18.6. The number of nitrogens with zero attached hydrogens (tertiary/aromatic N) is 1. The van der Waals surface area contributed by atoms with E-state index in [-0.39, 0.29) is 9.92 Å². The maximum atomic E-state index is 13.1. The van der Waals surface area contributed by atoms with Gasteiger partial charge in [-0.25, -0.2) is 8.42 Å². The van der Waals surface area contributed by atoms with Crippen molar-refractivity contribution in [3.05, 3.63) is 59.6 Å². The summed E-state index contributed by atoms with van der Waals surface area (Å²) >= 11 is 7.25. The maximum Gasteiger partial charge on any atom is 0.228 e. The molecular weight excluding hydrogens is 390 g/mol. The van der Waals surface area contributed by atoms with Gasteiger partial charge in [0.25, 0.3) is 0 Å². The lowest BCUT2D eigenvalue weighted by Gasteiger charge is -2.03. The molecule has 26 heavy (non-hydrogen) atoms. The van der Waals surface area contributed by atoms with Crippen LogP contribution in [0, 0.1) is 0 Å². The Kier molecular flexibility index (Phi) is 6.06. The second-order valence-electron chi connectivity index (χ2n) is 5.64. The average molecular weight is 408 g/mol. The van der Waals surface area contributed by atoms with Gasteiger partial charge in [0.1, 0.15) is 0 Å². The van der Waals surface area contributed by atoms with Crippen LogP contribution in [0.4, 0.5) is 0 Å². The highest BCUT2D eigenvalue weighted by Gasteiger charge is 2.28. The van der Waals surface area contributed by atoms with Crippen LogP contribution in [0.1, 0.15) is 19.8 Å². The van der Waals surface area contributed by atoms with E-state index in [2.05, 4.69) is 11.9 Å². The van der Waals surface area contributed by atoms with Crippen LogP contribution in [-0.2, 0) is 9.84 Å². The first-order valence-corrected chi connectivity index (χ1v) is 11.1. The third-order valence-corrected chi connectivity index (χ3v) is 6.79. The molecule has 0 spiro atoms. The Morgan fingerprint density at radius 2 is 1.77 bits per heavy atom. The predicted molar refractivity (Wildman–Crippen MR) is 104 cm³/mol. The number of rotatable bonds is 7. The minimum atomic E-state index is -3.80. The van der Waals surface area contributed by atoms with E-state index in [0.29, 0.717) is 16.0 Å². The van der Waals surface area contributed by atoms with Gasteiger partial charge in [-0.1, -0.05) is 54.9 Å². The molecule has 0 aliphatic heterocycles. The SMILES string of the molecule is CCCCSc1oc(-c2ccccc2)nc1S(=O)(=O)c1ccc(Cl)cc1. The molecular formula is C19H18ClNO3S2. The number of halogens is 1. The van der Waals surface area contributed by atoms with E-state index < -0.39 is 9.84 Å². The van der Waals surface area contributed by atoms with E-state index in [1.165, 1.54) is 23.9 Å². The van der Waals surface area contributed by atoms with Crippen molar-refractivity contribution in [2.45, 2.75) is 34.8 Å². The first-order valence-electron chi connectivity index (χ1n) is 8.22. The Balaban J connectivity index is 2.06. The minimum absolute atomic E-state index is 0.0419. The highest BCUT2D eigenvalue weighted by atomic mass is 35.5. The number of unbranched alkanes of at least 4 members (excludes halogenated alkanes) is 1. The Bertz CT molecular complexity index is 968. The summed E-state index contributed by atoms with van der Waals surface area (Å²) < 4.78 is 32.0. The molecule has 2 aromatic carbocycles. The summed E-state index contributed by atoms with van der Waals surface area (Å²) in [7, 11) is -3.80. The van der Waals surface area contributed by atoms with Crippen LogP contribution in [0.25, 0.3) is 11.5 Å². The summed E-state index contributed by atoms with van der Waals surface area (Å²) in [6.45, 7) is 2.09. The van der Waals surface area contributed by atoms with Gasteiger partial charge in [-0.2, -0.15) is 4.98 Å². The molecule has 0 N–H and O–H groups in total. The zero-order valence-electron chi connectivity index (χ0n) is 14.2. The number of hydrogen-bond donors (Lipinski definition) is 0. The standard InChI is InChI=1S/C19H18ClNO3S2/c1-2-3-13-25-19-18(21-17(24-19)14-7-5-4-6-8-14)26(22,23)16-11-9-15(20)10-12-16/h4-12H,2-3,13H2,1H3. The van der Waals surface area contributed by atoms with E-state index in [1.54, 1.807) is 12.1 Å². The Morgan fingerprint density at radius 3 is 2.42 bits per heavy atom. The Labute approximate surface area is 162 Å². The van der Waals surface area contributed by atoms with Gasteiger partial charge in [0, 0.05) is 16.3 Å². The molecule has 0 aliphatic carbocycles. The van der Waals surface area contributed by atoms with Gasteiger partial charge in [0.05, 0.1) is 4.90 Å². The Morgan fingerprint density at radius 1 is 1.08 bits per heavy atom. The molecule has 1 aromatic heterocycles. The monoisotopic (exact) mass is 407 g/mol. The van der Waals surface area contributed by atoms with Crippen molar-refractivity contribution in [2.75, 3.05) is 5.75 Å². The number of sulfone groups is 1. The van der Waals surface area contributed by atoms with Crippen molar-refractivity contribution >= 4 is 33.2 Å². The molecule has 4 nitrogen and oxygen atoms in total. The largest absolute Gasteiger partial charge is 0.428 e. The van der Waals surface area contributed by atoms with Crippen LogP contribution in [0.2, 0.25) is 5.02 Å². The smallest absolute Gasteiger partial charge is 0.228 e. The van der Waals surface area contributed by atoms with E-state index in [9.17, 15) is 8.42 Å². The fourth-order valence-corrected chi connectivity index (χ4v) is 5.03. The molecule has 7 heteroatoms. The molecule has 1 heterocycles. The summed E-state index contributed by atoms with van der Waals surface area (Å²) in [4.78, 5) is 4.47. The molecule has 0 saturated heterocycles. The van der Waals surface area contributed by atoms with Crippen LogP contribution in [0.5, 0.6) is 0 Å². The lowest BCUT2D eigenvalue weighted by atomic mass is 10.2. The van der Waals surface area contributed by atoms with Crippen LogP contribution < -0.4 is 0 Å². The average Bonchev–Trinajstić information content (AvgIpc) is 3.08. The van der Waals surface area contributed by atoms with Crippen molar-refractivity contribution in [3.63, 3.8) is 0 Å². The van der Waals surface area contributed by atoms with Crippen LogP contribution in [0.3, 0.4) is 0 Å². The Hall–Kier alpha value is -1.76. The van der Waals surface area contributed by atoms with Crippen molar-refractivity contribution < 1.29 is 12.8 Å². The third kappa shape index (κ3) is 4.14. The normalized spacial score (nSPS) is 11.6. The lowest BCUT2D eigenvalue weighted by Crippen LogP contribution is -2.04. The predicted octanol–water partition coefficient (Wildman–Crippen LogP) is 5.72. The van der Waals surface area contributed by atoms with Crippen molar-refractivity contribution in [1.29, 1.82) is 0 Å². The second-order valence-corrected chi connectivity index (χ2v) is 9.01. The number of oxazole rings is 1. The molecule has 0 atom stereocenters. The molecule has 0 amide bonds. The molecule has 0 radical (unpaired) electrons. The number of thioether (sulfide) groups is 1. The van der Waals surface area contributed by atoms with E-state index >= 15 is 0 Å². The highest BCUT2D eigenvalue weighted by Crippen LogP contribution is 2.35. The second kappa shape index (κ2) is 8.29. The van der Waals surface area contributed by atoms with Crippen LogP contribution >= 0.6 is 23.4 Å². The zero-order valence-corrected chi connectivity index (χ0v) is 16.6. The molecule has 3 aromatic rings. The van der Waals surface area contributed by atoms with Crippen molar-refractivity contribution in [1.82, 2.24) is 4.98 Å². The van der Waals surface area contributed by atoms with Crippen molar-refractivity contribution in [2.24, 2.45) is 0 Å². The van der Waals surface area contributed by atoms with Gasteiger partial charge in [-0.3, -0.25) is 0 Å². The molecule has 0 unspecified atom stereocenters. The van der Waals surface area contributed by atoms with Crippen LogP contribution in [-0.4, -0.2) is 19.2 Å². The first kappa shape index (κ1) is 19.0. The molecule has 3 rings (SSSR count). The fourth-order valence-electron chi connectivity index (χ4n) is 2.29. The van der Waals surface area contributed by atoms with Gasteiger partial charge in [-0.05, 0) is 42.8 Å². The molecule has 0 bridgehead atoms. The van der Waals surface area contributed by atoms with Gasteiger partial charge in [0.2, 0.25) is 25.8 Å². The highest BCUT2D eigenvalue weighted by molar-refractivity contribution is 8.00. The van der Waals surface area contributed by atoms with Gasteiger partial charge < -0.3 is 4.42 Å². The molecule has 0 aliphatic rings. The van der Waals surface area contributed by atoms with Crippen LogP contribution in [0.15, 0.2) is 74.0 Å². The summed E-state index contributed by atoms with van der Waals surface area (Å²) in [5, 5.41) is 0.763.